The van der Waals surface area contributed by atoms with Crippen molar-refractivity contribution in [1.82, 2.24) is 0 Å². The minimum absolute atomic E-state index is 0.118. The van der Waals surface area contributed by atoms with Gasteiger partial charge in [0.2, 0.25) is 0 Å². The maximum Gasteiger partial charge on any atom is 0.131 e. The summed E-state index contributed by atoms with van der Waals surface area (Å²) in [7, 11) is 1.36. The first-order valence-corrected chi connectivity index (χ1v) is 25.3. The number of hydrogen-bond acceptors (Lipinski definition) is 2. The van der Waals surface area contributed by atoms with E-state index in [9.17, 15) is 0 Å². The van der Waals surface area contributed by atoms with E-state index in [0.29, 0.717) is 11.1 Å². The SMILES string of the molecule is COc1c(C(C)(C)C)cc2c(c1-c1cc(C)cc(C)c1)C=C(CC(C)(C)C)C2[Si](C)(C)C1C(CC(C)(C)C)=Cc2c1cc(C(C)(C)C)c(OC)c2-c1cc(C)cc(C)c1. The van der Waals surface area contributed by atoms with Crippen molar-refractivity contribution in [2.45, 2.75) is 159 Å². The quantitative estimate of drug-likeness (QED) is 0.165. The number of hydrogen-bond donors (Lipinski definition) is 0. The molecule has 0 radical (unpaired) electrons. The highest BCUT2D eigenvalue weighted by molar-refractivity contribution is 6.81. The van der Waals surface area contributed by atoms with Gasteiger partial charge < -0.3 is 9.47 Å². The molecule has 0 amide bonds. The van der Waals surface area contributed by atoms with Crippen LogP contribution in [0.15, 0.2) is 59.7 Å². The van der Waals surface area contributed by atoms with Gasteiger partial charge in [0, 0.05) is 33.3 Å². The van der Waals surface area contributed by atoms with Crippen LogP contribution < -0.4 is 9.47 Å². The number of methoxy groups -OCH3 is 2. The molecular weight excluding hydrogens is 733 g/mol. The van der Waals surface area contributed by atoms with Crippen molar-refractivity contribution >= 4 is 20.2 Å². The third kappa shape index (κ3) is 8.70. The second-order valence-corrected chi connectivity index (χ2v) is 28.3. The van der Waals surface area contributed by atoms with Crippen molar-refractivity contribution < 1.29 is 9.47 Å². The Bertz CT molecular complexity index is 2150. The Hall–Kier alpha value is -3.82. The first-order valence-electron chi connectivity index (χ1n) is 22.1. The Balaban J connectivity index is 1.74. The summed E-state index contributed by atoms with van der Waals surface area (Å²) in [5, 5.41) is 0. The normalized spacial score (nSPS) is 17.2. The topological polar surface area (TPSA) is 18.5 Å². The molecule has 2 atom stereocenters. The maximum atomic E-state index is 6.54. The summed E-state index contributed by atoms with van der Waals surface area (Å²) in [4.78, 5) is 0. The van der Waals surface area contributed by atoms with Gasteiger partial charge in [-0.3, -0.25) is 0 Å². The molecule has 0 saturated heterocycles. The fourth-order valence-corrected chi connectivity index (χ4v) is 15.6. The number of fused-ring (bicyclic) bond motifs is 2. The number of rotatable bonds is 8. The zero-order valence-electron chi connectivity index (χ0n) is 40.7. The summed E-state index contributed by atoms with van der Waals surface area (Å²) in [5.41, 5.74) is 22.3. The van der Waals surface area contributed by atoms with E-state index < -0.39 is 8.07 Å². The van der Waals surface area contributed by atoms with E-state index in [1.54, 1.807) is 11.1 Å². The largest absolute Gasteiger partial charge is 0.496 e. The standard InChI is InChI=1S/C56H76O2Si/c1-33-21-34(2)24-37(23-33)47-41-27-39(31-53(5,6)7)51(43(41)29-45(49(47)57-17)55(11,12)13)59(19,20)52-40(32-54(8,9)10)28-42-44(52)30-46(56(14,15)16)50(58-18)48(42)38-25-35(3)22-36(4)26-38/h21-30,51-52H,31-32H2,1-20H3. The van der Waals surface area contributed by atoms with Crippen LogP contribution in [0.5, 0.6) is 11.5 Å². The van der Waals surface area contributed by atoms with E-state index >= 15 is 0 Å². The first-order chi connectivity index (χ1) is 27.1. The van der Waals surface area contributed by atoms with E-state index in [0.717, 1.165) is 24.3 Å². The molecule has 0 aliphatic heterocycles. The summed E-state index contributed by atoms with van der Waals surface area (Å²) in [6.45, 7) is 43.0. The van der Waals surface area contributed by atoms with Gasteiger partial charge in [-0.25, -0.2) is 0 Å². The van der Waals surface area contributed by atoms with E-state index in [-0.39, 0.29) is 21.7 Å². The van der Waals surface area contributed by atoms with Gasteiger partial charge >= 0.3 is 0 Å². The zero-order chi connectivity index (χ0) is 43.9. The highest BCUT2D eigenvalue weighted by Gasteiger charge is 2.51. The van der Waals surface area contributed by atoms with Crippen LogP contribution in [0.2, 0.25) is 13.1 Å². The van der Waals surface area contributed by atoms with Gasteiger partial charge in [-0.2, -0.15) is 0 Å². The lowest BCUT2D eigenvalue weighted by atomic mass is 9.80. The smallest absolute Gasteiger partial charge is 0.131 e. The second-order valence-electron chi connectivity index (χ2n) is 23.5. The molecule has 0 N–H and O–H groups in total. The van der Waals surface area contributed by atoms with Crippen LogP contribution in [-0.2, 0) is 10.8 Å². The molecule has 0 bridgehead atoms. The molecule has 2 aliphatic carbocycles. The van der Waals surface area contributed by atoms with Crippen molar-refractivity contribution in [2.24, 2.45) is 10.8 Å². The Kier molecular flexibility index (Phi) is 11.6. The van der Waals surface area contributed by atoms with Crippen LogP contribution in [0.3, 0.4) is 0 Å². The molecule has 2 aliphatic rings. The molecule has 2 nitrogen and oxygen atoms in total. The highest BCUT2D eigenvalue weighted by Crippen LogP contribution is 2.60. The third-order valence-corrected chi connectivity index (χ3v) is 17.1. The molecule has 4 aromatic carbocycles. The summed E-state index contributed by atoms with van der Waals surface area (Å²) in [6, 6.07) is 19.2. The second kappa shape index (κ2) is 15.3. The summed E-state index contributed by atoms with van der Waals surface area (Å²) in [5.74, 6) is 2.04. The van der Waals surface area contributed by atoms with E-state index in [4.69, 9.17) is 9.47 Å². The Morgan fingerprint density at radius 2 is 0.780 bits per heavy atom. The van der Waals surface area contributed by atoms with Gasteiger partial charge in [-0.05, 0) is 95.6 Å². The van der Waals surface area contributed by atoms with Crippen molar-refractivity contribution in [3.05, 3.63) is 115 Å². The molecule has 0 aromatic heterocycles. The number of allylic oxidation sites excluding steroid dienone is 2. The summed E-state index contributed by atoms with van der Waals surface area (Å²) >= 11 is 0. The lowest BCUT2D eigenvalue weighted by Gasteiger charge is -2.43. The van der Waals surface area contributed by atoms with Crippen LogP contribution >= 0.6 is 0 Å². The fourth-order valence-electron chi connectivity index (χ4n) is 10.9. The van der Waals surface area contributed by atoms with E-state index in [1.165, 1.54) is 77.9 Å². The van der Waals surface area contributed by atoms with E-state index in [1.807, 2.05) is 14.2 Å². The van der Waals surface area contributed by atoms with Crippen LogP contribution in [-0.4, -0.2) is 22.3 Å². The number of benzene rings is 4. The molecule has 2 unspecified atom stereocenters. The van der Waals surface area contributed by atoms with Crippen molar-refractivity contribution in [3.8, 4) is 33.8 Å². The lowest BCUT2D eigenvalue weighted by Crippen LogP contribution is -2.44. The van der Waals surface area contributed by atoms with Crippen LogP contribution in [0.1, 0.15) is 163 Å². The van der Waals surface area contributed by atoms with Crippen LogP contribution in [0.4, 0.5) is 0 Å². The number of aryl methyl sites for hydroxylation is 4. The average molecular weight is 809 g/mol. The highest BCUT2D eigenvalue weighted by atomic mass is 28.3. The van der Waals surface area contributed by atoms with Gasteiger partial charge in [0.15, 0.2) is 0 Å². The molecule has 316 valence electrons. The van der Waals surface area contributed by atoms with Gasteiger partial charge in [0.25, 0.3) is 0 Å². The van der Waals surface area contributed by atoms with E-state index in [2.05, 4.69) is 185 Å². The van der Waals surface area contributed by atoms with Crippen LogP contribution in [0.25, 0.3) is 34.4 Å². The average Bonchev–Trinajstić information content (AvgIpc) is 3.60. The summed E-state index contributed by atoms with van der Waals surface area (Å²) in [6.07, 6.45) is 7.34. The molecule has 6 rings (SSSR count). The zero-order valence-corrected chi connectivity index (χ0v) is 41.7. The molecule has 0 fully saturated rings. The van der Waals surface area contributed by atoms with Crippen molar-refractivity contribution in [1.29, 1.82) is 0 Å². The Morgan fingerprint density at radius 3 is 1.03 bits per heavy atom. The van der Waals surface area contributed by atoms with Gasteiger partial charge in [-0.15, -0.1) is 0 Å². The monoisotopic (exact) mass is 809 g/mol. The van der Waals surface area contributed by atoms with Gasteiger partial charge in [0.05, 0.1) is 22.3 Å². The summed E-state index contributed by atoms with van der Waals surface area (Å²) < 4.78 is 13.1. The molecule has 0 spiro atoms. The molecule has 4 aromatic rings. The van der Waals surface area contributed by atoms with Gasteiger partial charge in [0.1, 0.15) is 11.5 Å². The Labute approximate surface area is 360 Å². The number of ether oxygens (including phenoxy) is 2. The molecule has 59 heavy (non-hydrogen) atoms. The minimum atomic E-state index is -2.39. The van der Waals surface area contributed by atoms with Crippen LogP contribution in [0, 0.1) is 38.5 Å². The minimum Gasteiger partial charge on any atom is -0.496 e. The molecule has 3 heteroatoms. The Morgan fingerprint density at radius 1 is 0.475 bits per heavy atom. The predicted molar refractivity (Wildman–Crippen MR) is 260 cm³/mol. The first kappa shape index (κ1) is 44.7. The molecule has 0 heterocycles. The molecule has 0 saturated carbocycles. The lowest BCUT2D eigenvalue weighted by molar-refractivity contribution is 0.398. The van der Waals surface area contributed by atoms with Crippen molar-refractivity contribution in [3.63, 3.8) is 0 Å². The van der Waals surface area contributed by atoms with Gasteiger partial charge in [-0.1, -0.05) is 190 Å². The van der Waals surface area contributed by atoms with Crippen molar-refractivity contribution in [2.75, 3.05) is 14.2 Å². The fraction of sp³-hybridized carbons (Fsp3) is 0.500. The molecular formula is C56H76O2Si. The maximum absolute atomic E-state index is 6.54. The third-order valence-electron chi connectivity index (χ3n) is 12.7. The predicted octanol–water partition coefficient (Wildman–Crippen LogP) is 16.2.